The van der Waals surface area contributed by atoms with Gasteiger partial charge in [-0.1, -0.05) is 218 Å². The lowest BCUT2D eigenvalue weighted by atomic mass is 9.99. The van der Waals surface area contributed by atoms with E-state index in [1.807, 2.05) is 0 Å². The van der Waals surface area contributed by atoms with Crippen molar-refractivity contribution in [1.82, 2.24) is 28.7 Å². The number of aromatic nitrogens is 6. The van der Waals surface area contributed by atoms with Crippen LogP contribution in [-0.2, 0) is 0 Å². The standard InChI is InChI=1S/C72H44N6/c1-5-17-53-41-57(37-29-45(53)13-1)65-67(59-39-31-47-15-3-7-19-55(47)43-59)77-69(73-63-23-11-9-21-61(63)71(77)75-65)51-33-25-49(26-34-51)50-27-35-52(36-28-50)70-74-64-24-12-10-22-62(64)72-76-66(58-38-30-46-14-2-6-18-54(46)42-58)68(78(70)72)60-40-32-48-16-4-8-20-56(48)44-60/h1-44H. The lowest BCUT2D eigenvalue weighted by molar-refractivity contribution is 1.13. The average molecular weight is 993 g/mol. The van der Waals surface area contributed by atoms with Gasteiger partial charge in [0.25, 0.3) is 0 Å². The van der Waals surface area contributed by atoms with Crippen LogP contribution in [0.15, 0.2) is 267 Å². The van der Waals surface area contributed by atoms with Crippen LogP contribution in [0.25, 0.3) is 155 Å². The maximum atomic E-state index is 5.57. The molecule has 0 unspecified atom stereocenters. The van der Waals surface area contributed by atoms with Crippen molar-refractivity contribution in [1.29, 1.82) is 0 Å². The Hall–Kier alpha value is -10.6. The first-order valence-electron chi connectivity index (χ1n) is 26.4. The molecule has 0 atom stereocenters. The monoisotopic (exact) mass is 992 g/mol. The fraction of sp³-hybridized carbons (Fsp3) is 0. The molecular formula is C72H44N6. The average Bonchev–Trinajstić information content (AvgIpc) is 4.30. The van der Waals surface area contributed by atoms with E-state index in [9.17, 15) is 0 Å². The van der Waals surface area contributed by atoms with Crippen LogP contribution in [0.4, 0.5) is 0 Å². The van der Waals surface area contributed by atoms with Gasteiger partial charge in [-0.25, -0.2) is 19.9 Å². The second-order valence-corrected chi connectivity index (χ2v) is 20.2. The number of fused-ring (bicyclic) bond motifs is 10. The Morgan fingerprint density at radius 2 is 0.500 bits per heavy atom. The first-order valence-corrected chi connectivity index (χ1v) is 26.4. The summed E-state index contributed by atoms with van der Waals surface area (Å²) in [5.41, 5.74) is 15.7. The van der Waals surface area contributed by atoms with Crippen LogP contribution in [-0.4, -0.2) is 28.7 Å². The number of imidazole rings is 2. The predicted octanol–water partition coefficient (Wildman–Crippen LogP) is 18.4. The molecule has 16 aromatic rings. The molecule has 6 nitrogen and oxygen atoms in total. The molecule has 0 saturated heterocycles. The SMILES string of the molecule is c1ccc2cc(-c3nc4c5ccccc5nc(-c5ccc(-c6ccc(-c7nc8ccccc8c8nc(-c9ccc%10ccccc%10c9)c(-c9ccc%10ccccc%10c9)n78)cc6)cc5)n4c3-c3ccc4ccccc4c3)ccc2c1. The van der Waals surface area contributed by atoms with E-state index >= 15 is 0 Å². The summed E-state index contributed by atoms with van der Waals surface area (Å²) >= 11 is 0. The zero-order valence-corrected chi connectivity index (χ0v) is 42.1. The summed E-state index contributed by atoms with van der Waals surface area (Å²) in [5.74, 6) is 1.65. The number of rotatable bonds is 7. The Balaban J connectivity index is 0.843. The van der Waals surface area contributed by atoms with E-state index in [2.05, 4.69) is 276 Å². The molecule has 0 fully saturated rings. The van der Waals surface area contributed by atoms with Crippen LogP contribution in [0.5, 0.6) is 0 Å². The Morgan fingerprint density at radius 1 is 0.218 bits per heavy atom. The van der Waals surface area contributed by atoms with Crippen molar-refractivity contribution in [2.75, 3.05) is 0 Å². The van der Waals surface area contributed by atoms with Gasteiger partial charge in [-0.05, 0) is 103 Å². The highest BCUT2D eigenvalue weighted by molar-refractivity contribution is 6.02. The summed E-state index contributed by atoms with van der Waals surface area (Å²) in [6, 6.07) is 95.2. The number of hydrogen-bond acceptors (Lipinski definition) is 4. The Labute approximate surface area is 448 Å². The quantitative estimate of drug-likeness (QED) is 0.160. The zero-order valence-electron chi connectivity index (χ0n) is 42.1. The number of para-hydroxylation sites is 2. The van der Waals surface area contributed by atoms with Gasteiger partial charge in [0, 0.05) is 44.2 Å². The summed E-state index contributed by atoms with van der Waals surface area (Å²) in [5, 5.41) is 11.4. The van der Waals surface area contributed by atoms with E-state index < -0.39 is 0 Å². The minimum Gasteiger partial charge on any atom is -0.275 e. The third-order valence-corrected chi connectivity index (χ3v) is 15.6. The van der Waals surface area contributed by atoms with Crippen molar-refractivity contribution < 1.29 is 0 Å². The van der Waals surface area contributed by atoms with E-state index in [4.69, 9.17) is 19.9 Å². The topological polar surface area (TPSA) is 60.4 Å². The third-order valence-electron chi connectivity index (χ3n) is 15.6. The van der Waals surface area contributed by atoms with Crippen molar-refractivity contribution >= 4 is 76.2 Å². The van der Waals surface area contributed by atoms with Crippen LogP contribution >= 0.6 is 0 Å². The van der Waals surface area contributed by atoms with Gasteiger partial charge < -0.3 is 0 Å². The van der Waals surface area contributed by atoms with Gasteiger partial charge in [0.05, 0.1) is 33.8 Å². The summed E-state index contributed by atoms with van der Waals surface area (Å²) in [6.07, 6.45) is 0. The minimum atomic E-state index is 0.824. The second-order valence-electron chi connectivity index (χ2n) is 20.2. The molecule has 362 valence electrons. The fourth-order valence-electron chi connectivity index (χ4n) is 11.8. The van der Waals surface area contributed by atoms with E-state index in [1.165, 1.54) is 43.1 Å². The molecule has 0 aliphatic carbocycles. The van der Waals surface area contributed by atoms with Crippen molar-refractivity contribution in [2.24, 2.45) is 0 Å². The fourth-order valence-corrected chi connectivity index (χ4v) is 11.8. The second kappa shape index (κ2) is 17.5. The first kappa shape index (κ1) is 43.8. The van der Waals surface area contributed by atoms with Crippen LogP contribution in [0, 0.1) is 0 Å². The van der Waals surface area contributed by atoms with Gasteiger partial charge in [0.1, 0.15) is 22.9 Å². The van der Waals surface area contributed by atoms with E-state index in [0.717, 1.165) is 112 Å². The van der Waals surface area contributed by atoms with Crippen LogP contribution in [0.3, 0.4) is 0 Å². The first-order chi connectivity index (χ1) is 38.6. The maximum absolute atomic E-state index is 5.57. The van der Waals surface area contributed by atoms with Gasteiger partial charge >= 0.3 is 0 Å². The lowest BCUT2D eigenvalue weighted by Crippen LogP contribution is -2.00. The van der Waals surface area contributed by atoms with Crippen LogP contribution < -0.4 is 0 Å². The summed E-state index contributed by atoms with van der Waals surface area (Å²) in [6.45, 7) is 0. The van der Waals surface area contributed by atoms with Crippen molar-refractivity contribution in [3.63, 3.8) is 0 Å². The Bertz CT molecular complexity index is 4770. The molecule has 0 aliphatic heterocycles. The smallest absolute Gasteiger partial charge is 0.149 e. The van der Waals surface area contributed by atoms with Gasteiger partial charge in [-0.15, -0.1) is 0 Å². The minimum absolute atomic E-state index is 0.824. The Morgan fingerprint density at radius 3 is 0.872 bits per heavy atom. The molecule has 0 N–H and O–H groups in total. The number of nitrogens with zero attached hydrogens (tertiary/aromatic N) is 6. The molecule has 12 aromatic carbocycles. The van der Waals surface area contributed by atoms with Gasteiger partial charge in [0.2, 0.25) is 0 Å². The van der Waals surface area contributed by atoms with Crippen molar-refractivity contribution in [3.05, 3.63) is 267 Å². The molecule has 4 aromatic heterocycles. The normalized spacial score (nSPS) is 11.8. The van der Waals surface area contributed by atoms with Crippen LogP contribution in [0.2, 0.25) is 0 Å². The van der Waals surface area contributed by atoms with Gasteiger partial charge in [-0.2, -0.15) is 0 Å². The van der Waals surface area contributed by atoms with Crippen molar-refractivity contribution in [3.8, 4) is 78.9 Å². The summed E-state index contributed by atoms with van der Waals surface area (Å²) in [7, 11) is 0. The lowest BCUT2D eigenvalue weighted by Gasteiger charge is -2.14. The molecule has 0 saturated carbocycles. The number of benzene rings is 12. The molecular weight excluding hydrogens is 949 g/mol. The molecule has 78 heavy (non-hydrogen) atoms. The number of hydrogen-bond donors (Lipinski definition) is 0. The molecule has 0 bridgehead atoms. The highest BCUT2D eigenvalue weighted by Crippen LogP contribution is 2.42. The molecule has 0 radical (unpaired) electrons. The van der Waals surface area contributed by atoms with E-state index in [-0.39, 0.29) is 0 Å². The molecule has 16 rings (SSSR count). The maximum Gasteiger partial charge on any atom is 0.149 e. The van der Waals surface area contributed by atoms with Gasteiger partial charge in [-0.3, -0.25) is 8.80 Å². The largest absolute Gasteiger partial charge is 0.275 e. The molecule has 0 spiro atoms. The molecule has 6 heteroatoms. The molecule has 0 aliphatic rings. The van der Waals surface area contributed by atoms with Crippen LogP contribution in [0.1, 0.15) is 0 Å². The third kappa shape index (κ3) is 7.11. The molecule has 4 heterocycles. The summed E-state index contributed by atoms with van der Waals surface area (Å²) in [4.78, 5) is 22.1. The highest BCUT2D eigenvalue weighted by atomic mass is 15.1. The van der Waals surface area contributed by atoms with Crippen molar-refractivity contribution in [2.45, 2.75) is 0 Å². The van der Waals surface area contributed by atoms with E-state index in [0.29, 0.717) is 0 Å². The molecule has 0 amide bonds. The van der Waals surface area contributed by atoms with E-state index in [1.54, 1.807) is 0 Å². The predicted molar refractivity (Wildman–Crippen MR) is 323 cm³/mol. The van der Waals surface area contributed by atoms with Gasteiger partial charge in [0.15, 0.2) is 0 Å². The highest BCUT2D eigenvalue weighted by Gasteiger charge is 2.25. The zero-order chi connectivity index (χ0) is 51.3. The summed E-state index contributed by atoms with van der Waals surface area (Å²) < 4.78 is 4.57. The Kier molecular flexibility index (Phi) is 9.84.